The quantitative estimate of drug-likeness (QED) is 0.791. The van der Waals surface area contributed by atoms with Gasteiger partial charge in [0.25, 0.3) is 0 Å². The van der Waals surface area contributed by atoms with Crippen LogP contribution in [0.5, 0.6) is 0 Å². The number of carbonyl (C=O) groups is 1. The average Bonchev–Trinajstić information content (AvgIpc) is 2.17. The zero-order valence-corrected chi connectivity index (χ0v) is 10.3. The van der Waals surface area contributed by atoms with E-state index in [9.17, 15) is 4.79 Å². The van der Waals surface area contributed by atoms with Crippen LogP contribution in [0.2, 0.25) is 0 Å². The predicted octanol–water partition coefficient (Wildman–Crippen LogP) is 2.77. The maximum atomic E-state index is 11.5. The van der Waals surface area contributed by atoms with Crippen molar-refractivity contribution in [3.8, 4) is 0 Å². The first-order chi connectivity index (χ1) is 7.17. The maximum Gasteiger partial charge on any atom is 0.338 e. The number of ether oxygens (including phenoxy) is 2. The molecule has 15 heavy (non-hydrogen) atoms. The van der Waals surface area contributed by atoms with Crippen molar-refractivity contribution in [1.29, 1.82) is 0 Å². The molecular formula is C11H13BrO3. The van der Waals surface area contributed by atoms with E-state index >= 15 is 0 Å². The molecule has 0 radical (unpaired) electrons. The summed E-state index contributed by atoms with van der Waals surface area (Å²) in [5.41, 5.74) is 1.48. The summed E-state index contributed by atoms with van der Waals surface area (Å²) in [6.07, 6.45) is 0. The lowest BCUT2D eigenvalue weighted by molar-refractivity contribution is 0.0526. The standard InChI is InChI=1S/C11H13BrO3/c1-3-15-11(13)9-4-8(7-14-2)5-10(12)6-9/h4-6H,3,7H2,1-2H3. The molecule has 0 atom stereocenters. The fraction of sp³-hybridized carbons (Fsp3) is 0.364. The monoisotopic (exact) mass is 272 g/mol. The third-order valence-corrected chi connectivity index (χ3v) is 2.24. The van der Waals surface area contributed by atoms with Gasteiger partial charge >= 0.3 is 5.97 Å². The summed E-state index contributed by atoms with van der Waals surface area (Å²) in [5.74, 6) is -0.309. The lowest BCUT2D eigenvalue weighted by Crippen LogP contribution is -2.05. The van der Waals surface area contributed by atoms with Gasteiger partial charge in [-0.15, -0.1) is 0 Å². The van der Waals surface area contributed by atoms with Crippen LogP contribution >= 0.6 is 15.9 Å². The van der Waals surface area contributed by atoms with E-state index in [-0.39, 0.29) is 5.97 Å². The Morgan fingerprint density at radius 1 is 1.40 bits per heavy atom. The second kappa shape index (κ2) is 5.88. The van der Waals surface area contributed by atoms with Crippen molar-refractivity contribution >= 4 is 21.9 Å². The van der Waals surface area contributed by atoms with E-state index in [0.29, 0.717) is 18.8 Å². The summed E-state index contributed by atoms with van der Waals surface area (Å²) < 4.78 is 10.8. The van der Waals surface area contributed by atoms with Crippen LogP contribution in [-0.4, -0.2) is 19.7 Å². The molecule has 0 aliphatic rings. The summed E-state index contributed by atoms with van der Waals surface area (Å²) in [5, 5.41) is 0. The molecule has 0 aliphatic carbocycles. The molecule has 1 aromatic rings. The highest BCUT2D eigenvalue weighted by Gasteiger charge is 2.08. The Morgan fingerprint density at radius 2 is 2.13 bits per heavy atom. The molecule has 0 fully saturated rings. The molecule has 3 nitrogen and oxygen atoms in total. The molecule has 0 unspecified atom stereocenters. The number of carbonyl (C=O) groups excluding carboxylic acids is 1. The van der Waals surface area contributed by atoms with Crippen LogP contribution in [-0.2, 0) is 16.1 Å². The second-order valence-electron chi connectivity index (χ2n) is 3.00. The van der Waals surface area contributed by atoms with Crippen molar-refractivity contribution < 1.29 is 14.3 Å². The molecule has 0 N–H and O–H groups in total. The molecule has 0 amide bonds. The molecule has 0 spiro atoms. The highest BCUT2D eigenvalue weighted by atomic mass is 79.9. The van der Waals surface area contributed by atoms with Gasteiger partial charge < -0.3 is 9.47 Å². The first-order valence-electron chi connectivity index (χ1n) is 4.63. The van der Waals surface area contributed by atoms with Gasteiger partial charge in [-0.25, -0.2) is 4.79 Å². The Kier molecular flexibility index (Phi) is 4.78. The van der Waals surface area contributed by atoms with Crippen molar-refractivity contribution in [1.82, 2.24) is 0 Å². The van der Waals surface area contributed by atoms with Crippen molar-refractivity contribution in [2.75, 3.05) is 13.7 Å². The molecule has 0 aliphatic heterocycles. The number of hydrogen-bond acceptors (Lipinski definition) is 3. The minimum atomic E-state index is -0.309. The van der Waals surface area contributed by atoms with Crippen molar-refractivity contribution in [3.63, 3.8) is 0 Å². The Labute approximate surface area is 97.5 Å². The summed E-state index contributed by atoms with van der Waals surface area (Å²) in [4.78, 5) is 11.5. The van der Waals surface area contributed by atoms with E-state index in [1.54, 1.807) is 26.2 Å². The first-order valence-corrected chi connectivity index (χ1v) is 5.42. The lowest BCUT2D eigenvalue weighted by atomic mass is 10.1. The first kappa shape index (κ1) is 12.2. The van der Waals surface area contributed by atoms with Gasteiger partial charge in [0.2, 0.25) is 0 Å². The van der Waals surface area contributed by atoms with Gasteiger partial charge in [0.15, 0.2) is 0 Å². The van der Waals surface area contributed by atoms with Crippen LogP contribution in [0.15, 0.2) is 22.7 Å². The number of rotatable bonds is 4. The van der Waals surface area contributed by atoms with Crippen LogP contribution in [0, 0.1) is 0 Å². The molecule has 0 aromatic heterocycles. The molecular weight excluding hydrogens is 260 g/mol. The fourth-order valence-corrected chi connectivity index (χ4v) is 1.77. The topological polar surface area (TPSA) is 35.5 Å². The summed E-state index contributed by atoms with van der Waals surface area (Å²) in [6.45, 7) is 2.64. The lowest BCUT2D eigenvalue weighted by Gasteiger charge is -2.05. The zero-order valence-electron chi connectivity index (χ0n) is 8.75. The van der Waals surface area contributed by atoms with Crippen LogP contribution in [0.1, 0.15) is 22.8 Å². The van der Waals surface area contributed by atoms with E-state index < -0.39 is 0 Å². The van der Waals surface area contributed by atoms with Gasteiger partial charge in [0, 0.05) is 11.6 Å². The smallest absolute Gasteiger partial charge is 0.338 e. The van der Waals surface area contributed by atoms with E-state index in [1.165, 1.54) is 0 Å². The average molecular weight is 273 g/mol. The highest BCUT2D eigenvalue weighted by molar-refractivity contribution is 9.10. The number of esters is 1. The van der Waals surface area contributed by atoms with Gasteiger partial charge in [-0.3, -0.25) is 0 Å². The second-order valence-corrected chi connectivity index (χ2v) is 3.92. The predicted molar refractivity (Wildman–Crippen MR) is 60.8 cm³/mol. The summed E-state index contributed by atoms with van der Waals surface area (Å²) >= 11 is 3.34. The van der Waals surface area contributed by atoms with Crippen molar-refractivity contribution in [3.05, 3.63) is 33.8 Å². The van der Waals surface area contributed by atoms with Gasteiger partial charge in [-0.05, 0) is 30.7 Å². The van der Waals surface area contributed by atoms with E-state index in [0.717, 1.165) is 10.0 Å². The summed E-state index contributed by atoms with van der Waals surface area (Å²) in [7, 11) is 1.62. The van der Waals surface area contributed by atoms with Crippen LogP contribution in [0.4, 0.5) is 0 Å². The van der Waals surface area contributed by atoms with Crippen LogP contribution < -0.4 is 0 Å². The number of benzene rings is 1. The van der Waals surface area contributed by atoms with Crippen LogP contribution in [0.3, 0.4) is 0 Å². The zero-order chi connectivity index (χ0) is 11.3. The molecule has 0 heterocycles. The van der Waals surface area contributed by atoms with Crippen molar-refractivity contribution in [2.45, 2.75) is 13.5 Å². The summed E-state index contributed by atoms with van der Waals surface area (Å²) in [6, 6.07) is 5.41. The SMILES string of the molecule is CCOC(=O)c1cc(Br)cc(COC)c1. The molecule has 82 valence electrons. The number of hydrogen-bond donors (Lipinski definition) is 0. The molecule has 1 rings (SSSR count). The Balaban J connectivity index is 2.92. The molecule has 1 aromatic carbocycles. The van der Waals surface area contributed by atoms with E-state index in [1.807, 2.05) is 6.07 Å². The largest absolute Gasteiger partial charge is 0.462 e. The van der Waals surface area contributed by atoms with E-state index in [4.69, 9.17) is 9.47 Å². The van der Waals surface area contributed by atoms with Crippen molar-refractivity contribution in [2.24, 2.45) is 0 Å². The normalized spacial score (nSPS) is 10.1. The van der Waals surface area contributed by atoms with Crippen LogP contribution in [0.25, 0.3) is 0 Å². The molecule has 0 bridgehead atoms. The number of halogens is 1. The molecule has 0 saturated heterocycles. The minimum Gasteiger partial charge on any atom is -0.462 e. The Hall–Kier alpha value is -0.870. The number of methoxy groups -OCH3 is 1. The Morgan fingerprint density at radius 3 is 2.73 bits per heavy atom. The molecule has 0 saturated carbocycles. The van der Waals surface area contributed by atoms with E-state index in [2.05, 4.69) is 15.9 Å². The minimum absolute atomic E-state index is 0.309. The highest BCUT2D eigenvalue weighted by Crippen LogP contribution is 2.17. The molecule has 4 heteroatoms. The van der Waals surface area contributed by atoms with Gasteiger partial charge in [0.1, 0.15) is 0 Å². The van der Waals surface area contributed by atoms with Gasteiger partial charge in [0.05, 0.1) is 18.8 Å². The Bertz CT molecular complexity index is 350. The van der Waals surface area contributed by atoms with Gasteiger partial charge in [-0.1, -0.05) is 15.9 Å². The maximum absolute atomic E-state index is 11.5. The fourth-order valence-electron chi connectivity index (χ4n) is 1.23. The van der Waals surface area contributed by atoms with Gasteiger partial charge in [-0.2, -0.15) is 0 Å². The third kappa shape index (κ3) is 3.64. The third-order valence-electron chi connectivity index (χ3n) is 1.78.